The van der Waals surface area contributed by atoms with Crippen molar-refractivity contribution in [1.82, 2.24) is 19.4 Å². The molecule has 5 heteroatoms. The van der Waals surface area contributed by atoms with E-state index in [9.17, 15) is 4.79 Å². The second-order valence-corrected chi connectivity index (χ2v) is 7.74. The van der Waals surface area contributed by atoms with E-state index in [0.29, 0.717) is 0 Å². The predicted octanol–water partition coefficient (Wildman–Crippen LogP) is 3.96. The number of hydrogen-bond donors (Lipinski definition) is 0. The van der Waals surface area contributed by atoms with Crippen LogP contribution in [0, 0.1) is 13.8 Å². The van der Waals surface area contributed by atoms with Gasteiger partial charge >= 0.3 is 0 Å². The first kappa shape index (κ1) is 18.4. The molecule has 3 heterocycles. The standard InChI is InChI=1S/C23H26N4O/c1-17-12-18(2)14-21(13-17)23(28)27-10-3-4-20(16-27)22-25-9-11-26(22)15-19-5-7-24-8-6-19/h5-9,11-14,20H,3-4,10,15-16H2,1-2H3/t20-/m0/s1. The molecule has 1 atom stereocenters. The van der Waals surface area contributed by atoms with Crippen molar-refractivity contribution in [2.45, 2.75) is 39.2 Å². The maximum atomic E-state index is 13.1. The highest BCUT2D eigenvalue weighted by molar-refractivity contribution is 5.94. The van der Waals surface area contributed by atoms with Gasteiger partial charge in [-0.05, 0) is 56.5 Å². The Kier molecular flexibility index (Phi) is 5.24. The largest absolute Gasteiger partial charge is 0.338 e. The Balaban J connectivity index is 1.52. The number of aryl methyl sites for hydroxylation is 2. The fourth-order valence-corrected chi connectivity index (χ4v) is 4.15. The van der Waals surface area contributed by atoms with Crippen LogP contribution >= 0.6 is 0 Å². The number of imidazole rings is 1. The molecule has 0 bridgehead atoms. The van der Waals surface area contributed by atoms with Gasteiger partial charge in [0.15, 0.2) is 0 Å². The van der Waals surface area contributed by atoms with Crippen molar-refractivity contribution in [3.8, 4) is 0 Å². The van der Waals surface area contributed by atoms with Gasteiger partial charge in [0.25, 0.3) is 5.91 Å². The fraction of sp³-hybridized carbons (Fsp3) is 0.348. The molecule has 5 nitrogen and oxygen atoms in total. The molecule has 4 rings (SSSR count). The quantitative estimate of drug-likeness (QED) is 0.694. The van der Waals surface area contributed by atoms with E-state index in [4.69, 9.17) is 0 Å². The average molecular weight is 374 g/mol. The van der Waals surface area contributed by atoms with Crippen LogP contribution in [0.1, 0.15) is 51.6 Å². The summed E-state index contributed by atoms with van der Waals surface area (Å²) < 4.78 is 2.20. The molecule has 1 aliphatic rings. The minimum Gasteiger partial charge on any atom is -0.338 e. The summed E-state index contributed by atoms with van der Waals surface area (Å²) in [5.74, 6) is 1.46. The van der Waals surface area contributed by atoms with Crippen molar-refractivity contribution in [3.05, 3.63) is 83.2 Å². The molecular weight excluding hydrogens is 348 g/mol. The van der Waals surface area contributed by atoms with Gasteiger partial charge < -0.3 is 9.47 Å². The first-order valence-electron chi connectivity index (χ1n) is 9.87. The zero-order valence-corrected chi connectivity index (χ0v) is 16.5. The second-order valence-electron chi connectivity index (χ2n) is 7.74. The SMILES string of the molecule is Cc1cc(C)cc(C(=O)N2CCC[C@H](c3nccn3Cc3ccncc3)C2)c1. The molecule has 1 aromatic carbocycles. The van der Waals surface area contributed by atoms with Crippen LogP contribution < -0.4 is 0 Å². The molecule has 0 saturated carbocycles. The molecule has 1 aliphatic heterocycles. The summed E-state index contributed by atoms with van der Waals surface area (Å²) >= 11 is 0. The third-order valence-corrected chi connectivity index (χ3v) is 5.39. The Hall–Kier alpha value is -2.95. The van der Waals surface area contributed by atoms with Crippen LogP contribution in [0.4, 0.5) is 0 Å². The van der Waals surface area contributed by atoms with E-state index in [2.05, 4.69) is 20.6 Å². The van der Waals surface area contributed by atoms with Gasteiger partial charge in [-0.2, -0.15) is 0 Å². The zero-order valence-electron chi connectivity index (χ0n) is 16.5. The van der Waals surface area contributed by atoms with Gasteiger partial charge in [0, 0.05) is 55.9 Å². The number of likely N-dealkylation sites (tertiary alicyclic amines) is 1. The molecule has 0 aliphatic carbocycles. The maximum Gasteiger partial charge on any atom is 0.253 e. The van der Waals surface area contributed by atoms with E-state index >= 15 is 0 Å². The predicted molar refractivity (Wildman–Crippen MR) is 109 cm³/mol. The molecule has 1 amide bonds. The molecule has 0 spiro atoms. The van der Waals surface area contributed by atoms with E-state index in [-0.39, 0.29) is 11.8 Å². The second kappa shape index (κ2) is 7.97. The number of amides is 1. The summed E-state index contributed by atoms with van der Waals surface area (Å²) in [7, 11) is 0. The van der Waals surface area contributed by atoms with E-state index in [0.717, 1.165) is 55.0 Å². The molecule has 2 aromatic heterocycles. The summed E-state index contributed by atoms with van der Waals surface area (Å²) in [6, 6.07) is 10.1. The van der Waals surface area contributed by atoms with Crippen LogP contribution in [0.25, 0.3) is 0 Å². The molecule has 3 aromatic rings. The van der Waals surface area contributed by atoms with E-state index < -0.39 is 0 Å². The topological polar surface area (TPSA) is 51.0 Å². The smallest absolute Gasteiger partial charge is 0.253 e. The number of hydrogen-bond acceptors (Lipinski definition) is 3. The highest BCUT2D eigenvalue weighted by atomic mass is 16.2. The van der Waals surface area contributed by atoms with Gasteiger partial charge in [-0.25, -0.2) is 4.98 Å². The lowest BCUT2D eigenvalue weighted by molar-refractivity contribution is 0.0703. The van der Waals surface area contributed by atoms with E-state index in [1.54, 1.807) is 0 Å². The normalized spacial score (nSPS) is 16.9. The van der Waals surface area contributed by atoms with Crippen molar-refractivity contribution in [1.29, 1.82) is 0 Å². The van der Waals surface area contributed by atoms with Gasteiger partial charge in [-0.1, -0.05) is 17.2 Å². The van der Waals surface area contributed by atoms with Gasteiger partial charge in [0.1, 0.15) is 5.82 Å². The number of carbonyl (C=O) groups excluding carboxylic acids is 1. The molecule has 28 heavy (non-hydrogen) atoms. The lowest BCUT2D eigenvalue weighted by Crippen LogP contribution is -2.39. The molecule has 144 valence electrons. The number of aromatic nitrogens is 3. The minimum atomic E-state index is 0.128. The van der Waals surface area contributed by atoms with Gasteiger partial charge in [-0.3, -0.25) is 9.78 Å². The van der Waals surface area contributed by atoms with E-state index in [1.165, 1.54) is 5.56 Å². The highest BCUT2D eigenvalue weighted by Gasteiger charge is 2.28. The first-order chi connectivity index (χ1) is 13.6. The zero-order chi connectivity index (χ0) is 19.5. The van der Waals surface area contributed by atoms with Crippen LogP contribution in [0.15, 0.2) is 55.1 Å². The van der Waals surface area contributed by atoms with Crippen molar-refractivity contribution in [3.63, 3.8) is 0 Å². The molecular formula is C23H26N4O. The number of piperidine rings is 1. The van der Waals surface area contributed by atoms with Crippen LogP contribution in [0.2, 0.25) is 0 Å². The van der Waals surface area contributed by atoms with Crippen molar-refractivity contribution < 1.29 is 4.79 Å². The van der Waals surface area contributed by atoms with Gasteiger partial charge in [0.2, 0.25) is 0 Å². The molecule has 0 radical (unpaired) electrons. The number of pyridine rings is 1. The van der Waals surface area contributed by atoms with Crippen molar-refractivity contribution in [2.24, 2.45) is 0 Å². The van der Waals surface area contributed by atoms with Gasteiger partial charge in [-0.15, -0.1) is 0 Å². The Labute approximate surface area is 166 Å². The van der Waals surface area contributed by atoms with Crippen LogP contribution in [-0.2, 0) is 6.54 Å². The first-order valence-corrected chi connectivity index (χ1v) is 9.87. The minimum absolute atomic E-state index is 0.128. The Morgan fingerprint density at radius 2 is 1.86 bits per heavy atom. The summed E-state index contributed by atoms with van der Waals surface area (Å²) in [4.78, 5) is 23.8. The number of carbonyl (C=O) groups is 1. The Morgan fingerprint density at radius 1 is 1.11 bits per heavy atom. The number of benzene rings is 1. The third-order valence-electron chi connectivity index (χ3n) is 5.39. The number of nitrogens with zero attached hydrogens (tertiary/aromatic N) is 4. The van der Waals surface area contributed by atoms with Crippen LogP contribution in [-0.4, -0.2) is 38.4 Å². The molecule has 1 fully saturated rings. The lowest BCUT2D eigenvalue weighted by Gasteiger charge is -2.33. The average Bonchev–Trinajstić information content (AvgIpc) is 3.15. The summed E-state index contributed by atoms with van der Waals surface area (Å²) in [6.07, 6.45) is 9.59. The maximum absolute atomic E-state index is 13.1. The third kappa shape index (κ3) is 3.98. The fourth-order valence-electron chi connectivity index (χ4n) is 4.15. The van der Waals surface area contributed by atoms with E-state index in [1.807, 2.05) is 67.8 Å². The van der Waals surface area contributed by atoms with Crippen molar-refractivity contribution >= 4 is 5.91 Å². The summed E-state index contributed by atoms with van der Waals surface area (Å²) in [6.45, 7) is 6.39. The van der Waals surface area contributed by atoms with Crippen LogP contribution in [0.5, 0.6) is 0 Å². The highest BCUT2D eigenvalue weighted by Crippen LogP contribution is 2.27. The summed E-state index contributed by atoms with van der Waals surface area (Å²) in [5.41, 5.74) is 4.25. The Bertz CT molecular complexity index is 943. The monoisotopic (exact) mass is 374 g/mol. The Morgan fingerprint density at radius 3 is 2.61 bits per heavy atom. The summed E-state index contributed by atoms with van der Waals surface area (Å²) in [5, 5.41) is 0. The van der Waals surface area contributed by atoms with Crippen LogP contribution in [0.3, 0.4) is 0 Å². The lowest BCUT2D eigenvalue weighted by atomic mass is 9.96. The number of rotatable bonds is 4. The molecule has 0 unspecified atom stereocenters. The van der Waals surface area contributed by atoms with Gasteiger partial charge in [0.05, 0.1) is 0 Å². The molecule has 1 saturated heterocycles. The van der Waals surface area contributed by atoms with Crippen molar-refractivity contribution in [2.75, 3.05) is 13.1 Å². The molecule has 0 N–H and O–H groups in total.